The van der Waals surface area contributed by atoms with Crippen molar-refractivity contribution in [2.75, 3.05) is 7.11 Å². The summed E-state index contributed by atoms with van der Waals surface area (Å²) in [7, 11) is 1.29. The molecule has 0 aromatic carbocycles. The fraction of sp³-hybridized carbons (Fsp3) is 0.818. The summed E-state index contributed by atoms with van der Waals surface area (Å²) in [5, 5.41) is 9.06. The minimum atomic E-state index is -0.868. The third-order valence-corrected chi connectivity index (χ3v) is 3.15. The molecule has 1 atom stereocenters. The van der Waals surface area contributed by atoms with E-state index in [1.54, 1.807) is 0 Å². The number of ether oxygens (including phenoxy) is 1. The lowest BCUT2D eigenvalue weighted by Gasteiger charge is -2.26. The lowest BCUT2D eigenvalue weighted by Crippen LogP contribution is -2.28. The van der Waals surface area contributed by atoms with E-state index in [0.717, 1.165) is 25.7 Å². The molecule has 0 radical (unpaired) electrons. The summed E-state index contributed by atoms with van der Waals surface area (Å²) >= 11 is 0. The second kappa shape index (κ2) is 5.73. The van der Waals surface area contributed by atoms with Crippen LogP contribution in [0.25, 0.3) is 0 Å². The minimum absolute atomic E-state index is 0.0104. The molecular formula is C11H18O4. The Bertz CT molecular complexity index is 231. The number of methoxy groups -OCH3 is 1. The molecule has 4 heteroatoms. The molecule has 1 saturated carbocycles. The maximum Gasteiger partial charge on any atom is 0.307 e. The molecule has 1 N–H and O–H groups in total. The van der Waals surface area contributed by atoms with Gasteiger partial charge in [0.1, 0.15) is 0 Å². The zero-order valence-electron chi connectivity index (χ0n) is 9.07. The van der Waals surface area contributed by atoms with Gasteiger partial charge in [-0.15, -0.1) is 0 Å². The van der Waals surface area contributed by atoms with Gasteiger partial charge in [0.25, 0.3) is 0 Å². The van der Waals surface area contributed by atoms with Crippen LogP contribution in [0.2, 0.25) is 0 Å². The van der Waals surface area contributed by atoms with Crippen LogP contribution in [0.15, 0.2) is 0 Å². The molecule has 0 heterocycles. The first kappa shape index (κ1) is 12.0. The maximum atomic E-state index is 11.1. The summed E-state index contributed by atoms with van der Waals surface area (Å²) < 4.78 is 4.52. The second-order valence-corrected chi connectivity index (χ2v) is 4.12. The molecule has 0 bridgehead atoms. The Hall–Kier alpha value is -1.06. The molecule has 0 saturated heterocycles. The van der Waals surface area contributed by atoms with Crippen LogP contribution in [0, 0.1) is 11.8 Å². The predicted octanol–water partition coefficient (Wildman–Crippen LogP) is 1.83. The van der Waals surface area contributed by atoms with Gasteiger partial charge in [-0.1, -0.05) is 19.3 Å². The zero-order valence-corrected chi connectivity index (χ0v) is 9.07. The van der Waals surface area contributed by atoms with Gasteiger partial charge >= 0.3 is 11.9 Å². The summed E-state index contributed by atoms with van der Waals surface area (Å²) in [6.45, 7) is 0. The average molecular weight is 214 g/mol. The molecule has 0 amide bonds. The first-order valence-corrected chi connectivity index (χ1v) is 5.44. The first-order valence-electron chi connectivity index (χ1n) is 5.44. The third kappa shape index (κ3) is 3.53. The predicted molar refractivity (Wildman–Crippen MR) is 54.3 cm³/mol. The average Bonchev–Trinajstić information content (AvgIpc) is 2.26. The summed E-state index contributed by atoms with van der Waals surface area (Å²) in [5.41, 5.74) is 0. The summed E-state index contributed by atoms with van der Waals surface area (Å²) in [5.74, 6) is -1.70. The molecule has 0 spiro atoms. The topological polar surface area (TPSA) is 63.6 Å². The van der Waals surface area contributed by atoms with Crippen molar-refractivity contribution >= 4 is 11.9 Å². The number of hydrogen-bond donors (Lipinski definition) is 1. The van der Waals surface area contributed by atoms with Crippen molar-refractivity contribution in [2.45, 2.75) is 38.5 Å². The monoisotopic (exact) mass is 214 g/mol. The van der Waals surface area contributed by atoms with E-state index >= 15 is 0 Å². The van der Waals surface area contributed by atoms with Crippen molar-refractivity contribution in [1.82, 2.24) is 0 Å². The van der Waals surface area contributed by atoms with Gasteiger partial charge in [-0.3, -0.25) is 9.59 Å². The second-order valence-electron chi connectivity index (χ2n) is 4.12. The van der Waals surface area contributed by atoms with E-state index in [9.17, 15) is 9.59 Å². The molecule has 0 aliphatic heterocycles. The van der Waals surface area contributed by atoms with Gasteiger partial charge in [0.15, 0.2) is 0 Å². The van der Waals surface area contributed by atoms with Crippen LogP contribution in [-0.4, -0.2) is 24.2 Å². The molecular weight excluding hydrogens is 196 g/mol. The summed E-state index contributed by atoms with van der Waals surface area (Å²) in [6.07, 6.45) is 5.20. The van der Waals surface area contributed by atoms with E-state index < -0.39 is 17.9 Å². The molecule has 1 unspecified atom stereocenters. The smallest absolute Gasteiger partial charge is 0.307 e. The Kier molecular flexibility index (Phi) is 4.59. The Labute approximate surface area is 89.6 Å². The van der Waals surface area contributed by atoms with Crippen LogP contribution >= 0.6 is 0 Å². The number of carbonyl (C=O) groups is 2. The highest BCUT2D eigenvalue weighted by atomic mass is 16.5. The molecule has 86 valence electrons. The molecule has 0 aromatic rings. The van der Waals surface area contributed by atoms with E-state index in [0.29, 0.717) is 0 Å². The Balaban J connectivity index is 2.55. The number of rotatable bonds is 4. The number of hydrogen-bond acceptors (Lipinski definition) is 3. The highest BCUT2D eigenvalue weighted by Gasteiger charge is 2.31. The van der Waals surface area contributed by atoms with Gasteiger partial charge in [0.2, 0.25) is 0 Å². The Morgan fingerprint density at radius 3 is 2.40 bits per heavy atom. The van der Waals surface area contributed by atoms with Crippen molar-refractivity contribution in [3.05, 3.63) is 0 Å². The lowest BCUT2D eigenvalue weighted by molar-refractivity contribution is -0.152. The quantitative estimate of drug-likeness (QED) is 0.725. The van der Waals surface area contributed by atoms with E-state index in [1.807, 2.05) is 0 Å². The van der Waals surface area contributed by atoms with Gasteiger partial charge in [-0.2, -0.15) is 0 Å². The highest BCUT2D eigenvalue weighted by molar-refractivity contribution is 5.78. The Morgan fingerprint density at radius 2 is 1.93 bits per heavy atom. The van der Waals surface area contributed by atoms with Crippen molar-refractivity contribution < 1.29 is 19.4 Å². The summed E-state index contributed by atoms with van der Waals surface area (Å²) in [6, 6.07) is 0. The molecule has 1 rings (SSSR count). The van der Waals surface area contributed by atoms with Crippen molar-refractivity contribution in [2.24, 2.45) is 11.8 Å². The van der Waals surface area contributed by atoms with Crippen LogP contribution in [0.5, 0.6) is 0 Å². The SMILES string of the molecule is COC(=O)CC(C(=O)O)C1CCCCC1. The number of carboxylic acid groups (broad SMARTS) is 1. The molecule has 15 heavy (non-hydrogen) atoms. The van der Waals surface area contributed by atoms with Crippen LogP contribution in [0.1, 0.15) is 38.5 Å². The van der Waals surface area contributed by atoms with E-state index in [2.05, 4.69) is 4.74 Å². The number of aliphatic carboxylic acids is 1. The molecule has 1 aliphatic rings. The largest absolute Gasteiger partial charge is 0.481 e. The zero-order chi connectivity index (χ0) is 11.3. The first-order chi connectivity index (χ1) is 7.15. The van der Waals surface area contributed by atoms with E-state index in [1.165, 1.54) is 13.5 Å². The lowest BCUT2D eigenvalue weighted by atomic mass is 9.78. The van der Waals surface area contributed by atoms with E-state index in [4.69, 9.17) is 5.11 Å². The third-order valence-electron chi connectivity index (χ3n) is 3.15. The summed E-state index contributed by atoms with van der Waals surface area (Å²) in [4.78, 5) is 22.1. The van der Waals surface area contributed by atoms with Gasteiger partial charge in [-0.05, 0) is 18.8 Å². The van der Waals surface area contributed by atoms with Crippen molar-refractivity contribution in [1.29, 1.82) is 0 Å². The minimum Gasteiger partial charge on any atom is -0.481 e. The van der Waals surface area contributed by atoms with Crippen LogP contribution in [-0.2, 0) is 14.3 Å². The van der Waals surface area contributed by atoms with Gasteiger partial charge in [0.05, 0.1) is 19.4 Å². The number of carbonyl (C=O) groups excluding carboxylic acids is 1. The van der Waals surface area contributed by atoms with Crippen LogP contribution in [0.4, 0.5) is 0 Å². The number of carboxylic acids is 1. The van der Waals surface area contributed by atoms with Crippen molar-refractivity contribution in [3.8, 4) is 0 Å². The molecule has 1 aliphatic carbocycles. The highest BCUT2D eigenvalue weighted by Crippen LogP contribution is 2.32. The molecule has 4 nitrogen and oxygen atoms in total. The number of esters is 1. The standard InChI is InChI=1S/C11H18O4/c1-15-10(12)7-9(11(13)14)8-5-3-2-4-6-8/h8-9H,2-7H2,1H3,(H,13,14). The van der Waals surface area contributed by atoms with Gasteiger partial charge < -0.3 is 9.84 Å². The fourth-order valence-electron chi connectivity index (χ4n) is 2.26. The maximum absolute atomic E-state index is 11.1. The fourth-order valence-corrected chi connectivity index (χ4v) is 2.26. The van der Waals surface area contributed by atoms with Crippen LogP contribution < -0.4 is 0 Å². The molecule has 0 aromatic heterocycles. The van der Waals surface area contributed by atoms with Crippen LogP contribution in [0.3, 0.4) is 0 Å². The molecule has 1 fully saturated rings. The van der Waals surface area contributed by atoms with Crippen molar-refractivity contribution in [3.63, 3.8) is 0 Å². The van der Waals surface area contributed by atoms with E-state index in [-0.39, 0.29) is 12.3 Å². The van der Waals surface area contributed by atoms with Gasteiger partial charge in [0, 0.05) is 0 Å². The van der Waals surface area contributed by atoms with Gasteiger partial charge in [-0.25, -0.2) is 0 Å². The Morgan fingerprint density at radius 1 is 1.33 bits per heavy atom. The normalized spacial score (nSPS) is 19.5.